The van der Waals surface area contributed by atoms with Gasteiger partial charge < -0.3 is 25.3 Å². The monoisotopic (exact) mass is 746 g/mol. The predicted molar refractivity (Wildman–Crippen MR) is 210 cm³/mol. The average Bonchev–Trinajstić information content (AvgIpc) is 3.57. The van der Waals surface area contributed by atoms with Crippen molar-refractivity contribution in [2.75, 3.05) is 19.8 Å². The molecule has 1 saturated heterocycles. The normalized spacial score (nSPS) is 40.8. The number of fused-ring (bicyclic) bond motifs is 3. The Morgan fingerprint density at radius 1 is 1.11 bits per heavy atom. The zero-order valence-corrected chi connectivity index (χ0v) is 34.8. The van der Waals surface area contributed by atoms with Crippen molar-refractivity contribution < 1.29 is 19.4 Å². The molecule has 298 valence electrons. The van der Waals surface area contributed by atoms with Gasteiger partial charge in [-0.05, 0) is 102 Å². The molecule has 0 aromatic carbocycles. The van der Waals surface area contributed by atoms with E-state index in [1.165, 1.54) is 5.57 Å². The van der Waals surface area contributed by atoms with Gasteiger partial charge in [0.1, 0.15) is 6.33 Å². The minimum absolute atomic E-state index is 0.175. The number of pyridine rings is 1. The molecule has 4 N–H and O–H groups in total. The van der Waals surface area contributed by atoms with E-state index in [4.69, 9.17) is 25.3 Å². The van der Waals surface area contributed by atoms with Crippen LogP contribution in [0.3, 0.4) is 0 Å². The Morgan fingerprint density at radius 2 is 1.83 bits per heavy atom. The molecule has 10 heteroatoms. The highest BCUT2D eigenvalue weighted by Crippen LogP contribution is 2.75. The molecule has 54 heavy (non-hydrogen) atoms. The first-order valence-corrected chi connectivity index (χ1v) is 20.6. The summed E-state index contributed by atoms with van der Waals surface area (Å²) in [4.78, 5) is 33.7. The van der Waals surface area contributed by atoms with Gasteiger partial charge in [-0.25, -0.2) is 9.67 Å². The van der Waals surface area contributed by atoms with Gasteiger partial charge in [0.15, 0.2) is 5.82 Å². The van der Waals surface area contributed by atoms with Crippen LogP contribution in [0, 0.1) is 62.1 Å². The number of aromatic nitrogens is 4. The number of carboxylic acids is 1. The number of ether oxygens (including phenoxy) is 2. The van der Waals surface area contributed by atoms with Crippen molar-refractivity contribution >= 4 is 5.97 Å². The zero-order valence-electron chi connectivity index (χ0n) is 34.8. The summed E-state index contributed by atoms with van der Waals surface area (Å²) in [7, 11) is 0. The Morgan fingerprint density at radius 3 is 2.48 bits per heavy atom. The molecule has 2 aromatic rings. The third kappa shape index (κ3) is 5.49. The first kappa shape index (κ1) is 39.4. The van der Waals surface area contributed by atoms with Crippen molar-refractivity contribution in [3.8, 4) is 11.4 Å². The van der Waals surface area contributed by atoms with Gasteiger partial charge in [0.2, 0.25) is 5.56 Å². The lowest BCUT2D eigenvalue weighted by molar-refractivity contribution is -0.255. The topological polar surface area (TPSA) is 145 Å². The third-order valence-corrected chi connectivity index (χ3v) is 17.2. The molecule has 3 saturated carbocycles. The maximum atomic E-state index is 13.6. The second-order valence-corrected chi connectivity index (χ2v) is 21.0. The molecule has 0 radical (unpaired) electrons. The fraction of sp³-hybridized carbons (Fsp3) is 0.773. The lowest BCUT2D eigenvalue weighted by Gasteiger charge is -2.71. The standard InChI is InChI=1S/C44H67N5O5/c1-26(2)27(3)40(8)17-18-41(9)29-12-13-32-39(7)21-31(49-36(47-25-48-49)28-15-19-46-33(50)20-28)35(54-23-43(11,45)38(4,5)6)44(32,24-53-22-39)30(29)14-16-42(41,10)34(40)37(51)52/h14-15,19-20,25-27,29,31-32,34-35H,12-13,16-18,21-24,45H2,1-11H3,(H,46,50)(H,51,52)/t27-,29+,31-,32-,34-,35+,39-,40-,41-,42+,43+,44+/m1/s1. The molecule has 0 amide bonds. The number of hydrogen-bond acceptors (Lipinski definition) is 7. The SMILES string of the molecule is CC(C)[C@@H](C)[C@@]1(C)CC[C@]2(C)[C@H]3CC[C@@H]4[C@@]5(C)COC[C@@]4(C3=CC[C@@]2(C)[C@@H]1C(=O)O)[C@@H](OC[C@](C)(N)C(C)(C)C)[C@H](n1ncnc1-c1cc[nH]c(=O)c1)C5. The summed E-state index contributed by atoms with van der Waals surface area (Å²) >= 11 is 0. The maximum Gasteiger partial charge on any atom is 0.307 e. The van der Waals surface area contributed by atoms with Gasteiger partial charge in [0.25, 0.3) is 0 Å². The van der Waals surface area contributed by atoms with Gasteiger partial charge in [0.05, 0.1) is 37.9 Å². The first-order chi connectivity index (χ1) is 25.1. The lowest BCUT2D eigenvalue weighted by Crippen LogP contribution is -2.70. The fourth-order valence-corrected chi connectivity index (χ4v) is 12.9. The van der Waals surface area contributed by atoms with Gasteiger partial charge in [-0.2, -0.15) is 5.10 Å². The molecule has 2 aromatic heterocycles. The second kappa shape index (κ2) is 12.9. The van der Waals surface area contributed by atoms with Gasteiger partial charge >= 0.3 is 5.97 Å². The highest BCUT2D eigenvalue weighted by atomic mass is 16.5. The number of nitrogens with two attached hydrogens (primary N) is 1. The van der Waals surface area contributed by atoms with Crippen molar-refractivity contribution in [2.24, 2.45) is 67.8 Å². The molecule has 3 heterocycles. The van der Waals surface area contributed by atoms with Crippen LogP contribution in [0.25, 0.3) is 11.4 Å². The van der Waals surface area contributed by atoms with E-state index in [1.54, 1.807) is 18.6 Å². The van der Waals surface area contributed by atoms with Crippen LogP contribution in [0.2, 0.25) is 0 Å². The summed E-state index contributed by atoms with van der Waals surface area (Å²) < 4.78 is 16.2. The summed E-state index contributed by atoms with van der Waals surface area (Å²) in [6.45, 7) is 26.2. The number of nitrogens with one attached hydrogen (secondary N) is 1. The Kier molecular flexibility index (Phi) is 9.38. The minimum atomic E-state index is -0.655. The molecular weight excluding hydrogens is 679 g/mol. The second-order valence-electron chi connectivity index (χ2n) is 21.0. The predicted octanol–water partition coefficient (Wildman–Crippen LogP) is 7.91. The highest BCUT2D eigenvalue weighted by Gasteiger charge is 2.73. The number of aromatic amines is 1. The number of nitrogens with zero attached hydrogens (tertiary/aromatic N) is 3. The van der Waals surface area contributed by atoms with E-state index in [0.717, 1.165) is 32.1 Å². The van der Waals surface area contributed by atoms with E-state index in [-0.39, 0.29) is 51.2 Å². The van der Waals surface area contributed by atoms with Crippen LogP contribution >= 0.6 is 0 Å². The molecule has 7 rings (SSSR count). The first-order valence-electron chi connectivity index (χ1n) is 20.6. The number of allylic oxidation sites excluding steroid dienone is 1. The van der Waals surface area contributed by atoms with E-state index in [1.807, 2.05) is 10.7 Å². The maximum absolute atomic E-state index is 13.6. The van der Waals surface area contributed by atoms with Crippen LogP contribution in [-0.2, 0) is 14.3 Å². The summed E-state index contributed by atoms with van der Waals surface area (Å²) in [5.74, 6) is 0.657. The smallest absolute Gasteiger partial charge is 0.307 e. The van der Waals surface area contributed by atoms with E-state index < -0.39 is 28.3 Å². The fourth-order valence-electron chi connectivity index (χ4n) is 12.9. The van der Waals surface area contributed by atoms with Gasteiger partial charge in [0, 0.05) is 28.8 Å². The van der Waals surface area contributed by atoms with E-state index in [0.29, 0.717) is 49.5 Å². The van der Waals surface area contributed by atoms with Crippen LogP contribution in [0.5, 0.6) is 0 Å². The van der Waals surface area contributed by atoms with Crippen LogP contribution in [-0.4, -0.2) is 62.3 Å². The number of rotatable bonds is 8. The average molecular weight is 746 g/mol. The summed E-state index contributed by atoms with van der Waals surface area (Å²) in [6.07, 6.45) is 10.8. The van der Waals surface area contributed by atoms with E-state index >= 15 is 0 Å². The number of carboxylic acid groups (broad SMARTS) is 1. The van der Waals surface area contributed by atoms with Crippen molar-refractivity contribution in [1.82, 2.24) is 19.7 Å². The van der Waals surface area contributed by atoms with Crippen molar-refractivity contribution in [1.29, 1.82) is 0 Å². The van der Waals surface area contributed by atoms with Crippen molar-refractivity contribution in [3.05, 3.63) is 46.7 Å². The van der Waals surface area contributed by atoms with Crippen LogP contribution < -0.4 is 11.3 Å². The number of aliphatic carboxylic acids is 1. The Balaban J connectivity index is 1.41. The van der Waals surface area contributed by atoms with E-state index in [9.17, 15) is 14.7 Å². The van der Waals surface area contributed by atoms with E-state index in [2.05, 4.69) is 87.2 Å². The van der Waals surface area contributed by atoms with Gasteiger partial charge in [-0.15, -0.1) is 0 Å². The summed E-state index contributed by atoms with van der Waals surface area (Å²) in [5, 5.41) is 16.1. The zero-order chi connectivity index (χ0) is 39.4. The van der Waals surface area contributed by atoms with Crippen LogP contribution in [0.15, 0.2) is 41.1 Å². The molecule has 12 atom stereocenters. The molecule has 4 fully saturated rings. The molecule has 1 aliphatic heterocycles. The molecular formula is C44H67N5O5. The Labute approximate surface area is 322 Å². The molecule has 10 nitrogen and oxygen atoms in total. The molecule has 0 spiro atoms. The van der Waals surface area contributed by atoms with Gasteiger partial charge in [-0.3, -0.25) is 9.59 Å². The minimum Gasteiger partial charge on any atom is -0.481 e. The van der Waals surface area contributed by atoms with Crippen molar-refractivity contribution in [2.45, 2.75) is 132 Å². The Bertz CT molecular complexity index is 1860. The highest BCUT2D eigenvalue weighted by molar-refractivity contribution is 5.73. The molecule has 0 unspecified atom stereocenters. The lowest BCUT2D eigenvalue weighted by atomic mass is 9.34. The molecule has 4 aliphatic carbocycles. The molecule has 5 aliphatic rings. The van der Waals surface area contributed by atoms with Crippen LogP contribution in [0.1, 0.15) is 121 Å². The van der Waals surface area contributed by atoms with Crippen LogP contribution in [0.4, 0.5) is 0 Å². The third-order valence-electron chi connectivity index (χ3n) is 17.2. The van der Waals surface area contributed by atoms with Crippen molar-refractivity contribution in [3.63, 3.8) is 0 Å². The Hall–Kier alpha value is -2.82. The largest absolute Gasteiger partial charge is 0.481 e. The quantitative estimate of drug-likeness (QED) is 0.231. The summed E-state index contributed by atoms with van der Waals surface area (Å²) in [6, 6.07) is 3.25. The van der Waals surface area contributed by atoms with Gasteiger partial charge in [-0.1, -0.05) is 80.9 Å². The summed E-state index contributed by atoms with van der Waals surface area (Å²) in [5.41, 5.74) is 6.52. The number of H-pyrrole nitrogens is 1. The number of hydrogen-bond donors (Lipinski definition) is 3. The number of carbonyl (C=O) groups is 1. The molecule has 2 bridgehead atoms.